The van der Waals surface area contributed by atoms with Gasteiger partial charge in [0, 0.05) is 30.8 Å². The zero-order valence-corrected chi connectivity index (χ0v) is 24.5. The van der Waals surface area contributed by atoms with Crippen LogP contribution < -0.4 is 0 Å². The highest BCUT2D eigenvalue weighted by atomic mass is 16.6. The van der Waals surface area contributed by atoms with Crippen molar-refractivity contribution in [2.24, 2.45) is 51.5 Å². The number of aliphatic hydroxyl groups excluding tert-OH is 2. The van der Waals surface area contributed by atoms with E-state index in [1.807, 2.05) is 4.90 Å². The molecule has 0 aromatic heterocycles. The second kappa shape index (κ2) is 11.4. The van der Waals surface area contributed by atoms with Gasteiger partial charge < -0.3 is 20.0 Å². The SMILES string of the molecule is CCCCO/N=C1/C[C@@H]2C[C@H](O)CC[C@]2(C)[C@H]2C[C@H](O)[C@]3(C)[C@@H]([C@H](C)CCC(=O)N4CCCC4)CC[C@H]3[C@H]12. The minimum atomic E-state index is -0.331. The van der Waals surface area contributed by atoms with E-state index >= 15 is 0 Å². The summed E-state index contributed by atoms with van der Waals surface area (Å²) in [4.78, 5) is 20.8. The molecule has 1 amide bonds. The average Bonchev–Trinajstić information content (AvgIpc) is 3.55. The number of hydrogen-bond acceptors (Lipinski definition) is 5. The predicted molar refractivity (Wildman–Crippen MR) is 151 cm³/mol. The molecule has 1 aliphatic heterocycles. The molecule has 0 bridgehead atoms. The summed E-state index contributed by atoms with van der Waals surface area (Å²) in [5.41, 5.74) is 1.20. The highest BCUT2D eigenvalue weighted by Crippen LogP contribution is 2.67. The third kappa shape index (κ3) is 4.95. The van der Waals surface area contributed by atoms with Gasteiger partial charge in [-0.3, -0.25) is 4.79 Å². The molecule has 2 N–H and O–H groups in total. The number of carbonyl (C=O) groups excluding carboxylic acids is 1. The summed E-state index contributed by atoms with van der Waals surface area (Å²) >= 11 is 0. The molecule has 1 heterocycles. The minimum Gasteiger partial charge on any atom is -0.396 e. The first kappa shape index (κ1) is 28.4. The van der Waals surface area contributed by atoms with E-state index in [9.17, 15) is 15.0 Å². The van der Waals surface area contributed by atoms with Crippen LogP contribution in [0.25, 0.3) is 0 Å². The fourth-order valence-electron chi connectivity index (χ4n) is 9.98. The van der Waals surface area contributed by atoms with Crippen LogP contribution in [0, 0.1) is 46.3 Å². The molecule has 0 unspecified atom stereocenters. The van der Waals surface area contributed by atoms with E-state index in [2.05, 4.69) is 27.7 Å². The van der Waals surface area contributed by atoms with E-state index in [1.54, 1.807) is 0 Å². The van der Waals surface area contributed by atoms with Crippen LogP contribution in [0.15, 0.2) is 5.16 Å². The van der Waals surface area contributed by atoms with Crippen LogP contribution in [0.4, 0.5) is 0 Å². The molecule has 0 aromatic carbocycles. The van der Waals surface area contributed by atoms with Crippen molar-refractivity contribution in [1.29, 1.82) is 0 Å². The fourth-order valence-corrected chi connectivity index (χ4v) is 9.98. The van der Waals surface area contributed by atoms with Gasteiger partial charge in [-0.2, -0.15) is 0 Å². The smallest absolute Gasteiger partial charge is 0.222 e. The molecule has 5 aliphatic rings. The summed E-state index contributed by atoms with van der Waals surface area (Å²) in [7, 11) is 0. The summed E-state index contributed by atoms with van der Waals surface area (Å²) in [6.45, 7) is 11.8. The summed E-state index contributed by atoms with van der Waals surface area (Å²) in [5, 5.41) is 27.3. The van der Waals surface area contributed by atoms with E-state index in [0.29, 0.717) is 54.4 Å². The van der Waals surface area contributed by atoms with Crippen molar-refractivity contribution in [1.82, 2.24) is 4.90 Å². The van der Waals surface area contributed by atoms with Crippen LogP contribution in [-0.4, -0.2) is 58.6 Å². The van der Waals surface area contributed by atoms with E-state index in [-0.39, 0.29) is 23.0 Å². The normalized spacial score (nSPS) is 44.4. The standard InChI is InChI=1S/C32H54N2O4/c1-5-6-17-38-33-27-19-22-18-23(35)13-14-31(22,3)26-20-28(36)32(4)24(10-11-25(32)30(26)27)21(2)9-12-29(37)34-15-7-8-16-34/h21-26,28,30,35-36H,5-20H2,1-4H3/b33-27-/t21-,22+,23-,24-,25+,26+,28+,30+,31+,32-/m1/s1. The quantitative estimate of drug-likeness (QED) is 0.307. The van der Waals surface area contributed by atoms with Crippen LogP contribution in [0.1, 0.15) is 111 Å². The van der Waals surface area contributed by atoms with Crippen LogP contribution >= 0.6 is 0 Å². The highest BCUT2D eigenvalue weighted by molar-refractivity contribution is 5.88. The second-order valence-corrected chi connectivity index (χ2v) is 14.2. The van der Waals surface area contributed by atoms with E-state index in [0.717, 1.165) is 90.1 Å². The topological polar surface area (TPSA) is 82.4 Å². The van der Waals surface area contributed by atoms with Gasteiger partial charge in [0.05, 0.1) is 17.9 Å². The molecule has 5 rings (SSSR count). The third-order valence-electron chi connectivity index (χ3n) is 12.4. The van der Waals surface area contributed by atoms with E-state index in [1.165, 1.54) is 5.71 Å². The largest absolute Gasteiger partial charge is 0.396 e. The molecule has 4 saturated carbocycles. The number of carbonyl (C=O) groups is 1. The number of unbranched alkanes of at least 4 members (excludes halogenated alkanes) is 1. The first-order valence-corrected chi connectivity index (χ1v) is 16.0. The summed E-state index contributed by atoms with van der Waals surface area (Å²) in [5.74, 6) is 2.71. The van der Waals surface area contributed by atoms with Crippen LogP contribution in [-0.2, 0) is 9.63 Å². The molecule has 5 fully saturated rings. The average molecular weight is 531 g/mol. The highest BCUT2D eigenvalue weighted by Gasteiger charge is 2.65. The van der Waals surface area contributed by atoms with Crippen molar-refractivity contribution < 1.29 is 19.8 Å². The first-order chi connectivity index (χ1) is 18.2. The third-order valence-corrected chi connectivity index (χ3v) is 12.4. The van der Waals surface area contributed by atoms with Gasteiger partial charge in [0.25, 0.3) is 0 Å². The fraction of sp³-hybridized carbons (Fsp3) is 0.938. The zero-order chi connectivity index (χ0) is 27.1. The van der Waals surface area contributed by atoms with E-state index < -0.39 is 0 Å². The molecular weight excluding hydrogens is 476 g/mol. The number of rotatable bonds is 8. The van der Waals surface area contributed by atoms with Gasteiger partial charge in [-0.25, -0.2) is 0 Å². The molecule has 216 valence electrons. The number of aliphatic hydroxyl groups is 2. The molecule has 38 heavy (non-hydrogen) atoms. The van der Waals surface area contributed by atoms with Gasteiger partial charge in [-0.05, 0) is 106 Å². The van der Waals surface area contributed by atoms with Crippen molar-refractivity contribution in [2.75, 3.05) is 19.7 Å². The molecule has 4 aliphatic carbocycles. The molecule has 0 aromatic rings. The van der Waals surface area contributed by atoms with Gasteiger partial charge >= 0.3 is 0 Å². The Morgan fingerprint density at radius 2 is 1.89 bits per heavy atom. The molecule has 0 radical (unpaired) electrons. The van der Waals surface area contributed by atoms with Crippen LogP contribution in [0.2, 0.25) is 0 Å². The lowest BCUT2D eigenvalue weighted by atomic mass is 9.43. The number of hydrogen-bond donors (Lipinski definition) is 2. The number of nitrogens with zero attached hydrogens (tertiary/aromatic N) is 2. The van der Waals surface area contributed by atoms with Crippen LogP contribution in [0.3, 0.4) is 0 Å². The van der Waals surface area contributed by atoms with Gasteiger partial charge in [-0.1, -0.05) is 39.3 Å². The maximum Gasteiger partial charge on any atom is 0.222 e. The Morgan fingerprint density at radius 1 is 1.13 bits per heavy atom. The molecular formula is C32H54N2O4. The van der Waals surface area contributed by atoms with Crippen molar-refractivity contribution in [2.45, 2.75) is 123 Å². The first-order valence-electron chi connectivity index (χ1n) is 16.0. The monoisotopic (exact) mass is 530 g/mol. The lowest BCUT2D eigenvalue weighted by molar-refractivity contribution is -0.148. The lowest BCUT2D eigenvalue weighted by Crippen LogP contribution is -2.61. The Bertz CT molecular complexity index is 872. The number of likely N-dealkylation sites (tertiary alicyclic amines) is 1. The Labute approximate surface area is 230 Å². The second-order valence-electron chi connectivity index (χ2n) is 14.2. The Kier molecular flexibility index (Phi) is 8.51. The predicted octanol–water partition coefficient (Wildman–Crippen LogP) is 5.80. The van der Waals surface area contributed by atoms with Crippen molar-refractivity contribution in [3.8, 4) is 0 Å². The lowest BCUT2D eigenvalue weighted by Gasteiger charge is -2.62. The van der Waals surface area contributed by atoms with Crippen molar-refractivity contribution >= 4 is 11.6 Å². The maximum absolute atomic E-state index is 12.8. The Hall–Kier alpha value is -1.14. The summed E-state index contributed by atoms with van der Waals surface area (Å²) < 4.78 is 0. The Balaban J connectivity index is 1.37. The van der Waals surface area contributed by atoms with Crippen LogP contribution in [0.5, 0.6) is 0 Å². The molecule has 6 nitrogen and oxygen atoms in total. The molecule has 1 saturated heterocycles. The molecule has 10 atom stereocenters. The number of oxime groups is 1. The van der Waals surface area contributed by atoms with Crippen molar-refractivity contribution in [3.05, 3.63) is 0 Å². The van der Waals surface area contributed by atoms with Gasteiger partial charge in [-0.15, -0.1) is 0 Å². The number of fused-ring (bicyclic) bond motifs is 5. The Morgan fingerprint density at radius 3 is 2.63 bits per heavy atom. The van der Waals surface area contributed by atoms with Gasteiger partial charge in [0.1, 0.15) is 6.61 Å². The molecule has 6 heteroatoms. The number of amides is 1. The van der Waals surface area contributed by atoms with E-state index in [4.69, 9.17) is 9.99 Å². The maximum atomic E-state index is 12.8. The summed E-state index contributed by atoms with van der Waals surface area (Å²) in [6, 6.07) is 0. The van der Waals surface area contributed by atoms with Gasteiger partial charge in [0.15, 0.2) is 0 Å². The van der Waals surface area contributed by atoms with Crippen molar-refractivity contribution in [3.63, 3.8) is 0 Å². The summed E-state index contributed by atoms with van der Waals surface area (Å²) in [6.07, 6.45) is 12.2. The minimum absolute atomic E-state index is 0.139. The van der Waals surface area contributed by atoms with Gasteiger partial charge in [0.2, 0.25) is 5.91 Å². The molecule has 0 spiro atoms. The zero-order valence-electron chi connectivity index (χ0n) is 24.5.